The van der Waals surface area contributed by atoms with Crippen LogP contribution in [0.3, 0.4) is 0 Å². The fourth-order valence-corrected chi connectivity index (χ4v) is 1.98. The van der Waals surface area contributed by atoms with E-state index in [1.165, 1.54) is 0 Å². The van der Waals surface area contributed by atoms with Gasteiger partial charge in [0.25, 0.3) is 0 Å². The summed E-state index contributed by atoms with van der Waals surface area (Å²) in [6, 6.07) is 9.59. The molecule has 4 heteroatoms. The normalized spacial score (nSPS) is 11.7. The van der Waals surface area contributed by atoms with Crippen LogP contribution in [0, 0.1) is 0 Å². The molecule has 118 valence electrons. The number of hydrogen-bond acceptors (Lipinski definition) is 4. The van der Waals surface area contributed by atoms with E-state index in [1.54, 1.807) is 0 Å². The maximum Gasteiger partial charge on any atom is 0.360 e. The van der Waals surface area contributed by atoms with Gasteiger partial charge in [-0.15, -0.1) is 0 Å². The number of carbonyl (C=O) groups is 1. The zero-order valence-electron chi connectivity index (χ0n) is 13.8. The highest BCUT2D eigenvalue weighted by Crippen LogP contribution is 2.28. The lowest BCUT2D eigenvalue weighted by molar-refractivity contribution is 0.0463. The van der Waals surface area contributed by atoms with Crippen molar-refractivity contribution >= 4 is 5.97 Å². The van der Waals surface area contributed by atoms with E-state index >= 15 is 0 Å². The smallest absolute Gasteiger partial charge is 0.360 e. The van der Waals surface area contributed by atoms with E-state index in [0.29, 0.717) is 11.7 Å². The van der Waals surface area contributed by atoms with Gasteiger partial charge in [-0.1, -0.05) is 65.0 Å². The molecule has 0 aliphatic heterocycles. The maximum atomic E-state index is 12.3. The molecule has 2 aromatic rings. The van der Waals surface area contributed by atoms with Crippen LogP contribution < -0.4 is 0 Å². The summed E-state index contributed by atoms with van der Waals surface area (Å²) in [4.78, 5) is 16.7. The Morgan fingerprint density at radius 2 is 1.86 bits per heavy atom. The third kappa shape index (κ3) is 3.75. The van der Waals surface area contributed by atoms with E-state index in [9.17, 15) is 4.79 Å². The van der Waals surface area contributed by atoms with E-state index in [-0.39, 0.29) is 23.6 Å². The molecule has 0 aliphatic rings. The highest BCUT2D eigenvalue weighted by Gasteiger charge is 2.28. The lowest BCUT2D eigenvalue weighted by Gasteiger charge is -2.12. The molecule has 0 unspecified atom stereocenters. The van der Waals surface area contributed by atoms with E-state index in [0.717, 1.165) is 5.56 Å². The van der Waals surface area contributed by atoms with E-state index in [2.05, 4.69) is 4.98 Å². The molecule has 22 heavy (non-hydrogen) atoms. The summed E-state index contributed by atoms with van der Waals surface area (Å²) in [7, 11) is 0. The van der Waals surface area contributed by atoms with Gasteiger partial charge in [0.15, 0.2) is 5.69 Å². The average molecular weight is 301 g/mol. The maximum absolute atomic E-state index is 12.3. The van der Waals surface area contributed by atoms with E-state index in [4.69, 9.17) is 9.15 Å². The summed E-state index contributed by atoms with van der Waals surface area (Å²) in [6.45, 7) is 10.2. The van der Waals surface area contributed by atoms with Crippen LogP contribution in [0.15, 0.2) is 34.7 Å². The summed E-state index contributed by atoms with van der Waals surface area (Å²) in [6.07, 6.45) is 0. The molecule has 1 aromatic carbocycles. The predicted octanol–water partition coefficient (Wildman–Crippen LogP) is 4.45. The molecule has 4 nitrogen and oxygen atoms in total. The molecule has 0 radical (unpaired) electrons. The van der Waals surface area contributed by atoms with E-state index in [1.807, 2.05) is 65.0 Å². The molecule has 2 rings (SSSR count). The molecule has 1 aromatic heterocycles. The van der Waals surface area contributed by atoms with Crippen molar-refractivity contribution in [3.63, 3.8) is 0 Å². The van der Waals surface area contributed by atoms with Gasteiger partial charge in [0.2, 0.25) is 5.89 Å². The standard InChI is InChI=1S/C18H23NO3/c1-12(2)15-14(19-17(22-15)18(3,4)5)16(20)21-11-13-9-7-6-8-10-13/h6-10,12H,11H2,1-5H3. The summed E-state index contributed by atoms with van der Waals surface area (Å²) < 4.78 is 11.2. The summed E-state index contributed by atoms with van der Waals surface area (Å²) in [5, 5.41) is 0. The highest BCUT2D eigenvalue weighted by atomic mass is 16.5. The van der Waals surface area contributed by atoms with Crippen molar-refractivity contribution in [1.29, 1.82) is 0 Å². The lowest BCUT2D eigenvalue weighted by Crippen LogP contribution is -2.13. The number of oxazole rings is 1. The molecule has 0 atom stereocenters. The van der Waals surface area contributed by atoms with Gasteiger partial charge in [0.05, 0.1) is 0 Å². The Morgan fingerprint density at radius 3 is 2.41 bits per heavy atom. The van der Waals surface area contributed by atoms with Crippen molar-refractivity contribution in [2.45, 2.75) is 52.6 Å². The van der Waals surface area contributed by atoms with Gasteiger partial charge in [0, 0.05) is 11.3 Å². The second kappa shape index (κ2) is 6.34. The molecule has 0 saturated carbocycles. The van der Waals surface area contributed by atoms with E-state index < -0.39 is 5.97 Å². The van der Waals surface area contributed by atoms with Crippen LogP contribution in [-0.2, 0) is 16.8 Å². The van der Waals surface area contributed by atoms with Crippen molar-refractivity contribution in [2.24, 2.45) is 0 Å². The quantitative estimate of drug-likeness (QED) is 0.783. The first-order valence-corrected chi connectivity index (χ1v) is 7.51. The van der Waals surface area contributed by atoms with Gasteiger partial charge < -0.3 is 9.15 Å². The molecular formula is C18H23NO3. The largest absolute Gasteiger partial charge is 0.456 e. The van der Waals surface area contributed by atoms with Crippen LogP contribution in [0.2, 0.25) is 0 Å². The number of rotatable bonds is 4. The van der Waals surface area contributed by atoms with Crippen molar-refractivity contribution in [3.05, 3.63) is 53.2 Å². The van der Waals surface area contributed by atoms with Crippen LogP contribution >= 0.6 is 0 Å². The minimum Gasteiger partial charge on any atom is -0.456 e. The zero-order valence-corrected chi connectivity index (χ0v) is 13.8. The Labute approximate surface area is 131 Å². The number of carbonyl (C=O) groups excluding carboxylic acids is 1. The first kappa shape index (κ1) is 16.3. The van der Waals surface area contributed by atoms with Gasteiger partial charge in [-0.2, -0.15) is 0 Å². The number of ether oxygens (including phenoxy) is 1. The Kier molecular flexibility index (Phi) is 4.69. The molecule has 0 aliphatic carbocycles. The van der Waals surface area contributed by atoms with Crippen LogP contribution in [0.4, 0.5) is 0 Å². The van der Waals surface area contributed by atoms with Crippen LogP contribution in [0.25, 0.3) is 0 Å². The molecule has 0 N–H and O–H groups in total. The highest BCUT2D eigenvalue weighted by molar-refractivity contribution is 5.88. The number of aromatic nitrogens is 1. The van der Waals surface area contributed by atoms with Crippen molar-refractivity contribution < 1.29 is 13.9 Å². The molecule has 0 spiro atoms. The number of hydrogen-bond donors (Lipinski definition) is 0. The molecule has 0 saturated heterocycles. The number of nitrogens with zero attached hydrogens (tertiary/aromatic N) is 1. The zero-order chi connectivity index (χ0) is 16.3. The number of esters is 1. The third-order valence-corrected chi connectivity index (χ3v) is 3.23. The second-order valence-corrected chi connectivity index (χ2v) is 6.70. The molecule has 0 bridgehead atoms. The Hall–Kier alpha value is -2.10. The summed E-state index contributed by atoms with van der Waals surface area (Å²) in [5.41, 5.74) is 0.985. The molecule has 1 heterocycles. The van der Waals surface area contributed by atoms with Gasteiger partial charge in [-0.05, 0) is 5.56 Å². The van der Waals surface area contributed by atoms with Gasteiger partial charge in [0.1, 0.15) is 12.4 Å². The second-order valence-electron chi connectivity index (χ2n) is 6.70. The first-order chi connectivity index (χ1) is 10.3. The predicted molar refractivity (Wildman–Crippen MR) is 84.9 cm³/mol. The van der Waals surface area contributed by atoms with Crippen molar-refractivity contribution in [3.8, 4) is 0 Å². The van der Waals surface area contributed by atoms with Crippen molar-refractivity contribution in [1.82, 2.24) is 4.98 Å². The van der Waals surface area contributed by atoms with Crippen molar-refractivity contribution in [2.75, 3.05) is 0 Å². The van der Waals surface area contributed by atoms with Crippen LogP contribution in [-0.4, -0.2) is 11.0 Å². The monoisotopic (exact) mass is 301 g/mol. The number of benzene rings is 1. The topological polar surface area (TPSA) is 52.3 Å². The van der Waals surface area contributed by atoms with Gasteiger partial charge in [-0.3, -0.25) is 0 Å². The minimum absolute atomic E-state index is 0.0721. The lowest BCUT2D eigenvalue weighted by atomic mass is 9.97. The summed E-state index contributed by atoms with van der Waals surface area (Å²) in [5.74, 6) is 0.778. The van der Waals surface area contributed by atoms with Gasteiger partial charge in [-0.25, -0.2) is 9.78 Å². The average Bonchev–Trinajstić information content (AvgIpc) is 2.91. The fourth-order valence-electron chi connectivity index (χ4n) is 1.98. The fraction of sp³-hybridized carbons (Fsp3) is 0.444. The molecule has 0 fully saturated rings. The molecular weight excluding hydrogens is 278 g/mol. The molecule has 0 amide bonds. The Balaban J connectivity index is 2.19. The van der Waals surface area contributed by atoms with Crippen LogP contribution in [0.1, 0.15) is 68.2 Å². The van der Waals surface area contributed by atoms with Gasteiger partial charge >= 0.3 is 5.97 Å². The van der Waals surface area contributed by atoms with Crippen LogP contribution in [0.5, 0.6) is 0 Å². The third-order valence-electron chi connectivity index (χ3n) is 3.23. The first-order valence-electron chi connectivity index (χ1n) is 7.51. The SMILES string of the molecule is CC(C)c1oc(C(C)(C)C)nc1C(=O)OCc1ccccc1. The minimum atomic E-state index is -0.438. The summed E-state index contributed by atoms with van der Waals surface area (Å²) >= 11 is 0. The Bertz CT molecular complexity index is 636. The Morgan fingerprint density at radius 1 is 1.23 bits per heavy atom.